The summed E-state index contributed by atoms with van der Waals surface area (Å²) in [6.07, 6.45) is 0. The quantitative estimate of drug-likeness (QED) is 0.721. The van der Waals surface area contributed by atoms with Gasteiger partial charge in [-0.15, -0.1) is 0 Å². The van der Waals surface area contributed by atoms with Crippen molar-refractivity contribution < 1.29 is 20.1 Å². The number of nitrogens with zero attached hydrogens (tertiary/aromatic N) is 1. The van der Waals surface area contributed by atoms with Gasteiger partial charge in [0.25, 0.3) is 5.91 Å². The van der Waals surface area contributed by atoms with Crippen LogP contribution in [0.15, 0.2) is 42.5 Å². The van der Waals surface area contributed by atoms with Gasteiger partial charge in [-0.1, -0.05) is 18.2 Å². The van der Waals surface area contributed by atoms with Crippen LogP contribution < -0.4 is 4.90 Å². The van der Waals surface area contributed by atoms with E-state index in [1.165, 1.54) is 4.90 Å². The number of benzene rings is 2. The molecule has 0 saturated carbocycles. The van der Waals surface area contributed by atoms with E-state index in [9.17, 15) is 20.1 Å². The molecule has 0 aromatic heterocycles. The number of rotatable bonds is 2. The van der Waals surface area contributed by atoms with Crippen molar-refractivity contribution >= 4 is 11.6 Å². The molecule has 2 aromatic carbocycles. The molecule has 0 aliphatic heterocycles. The van der Waals surface area contributed by atoms with Crippen LogP contribution in [0.1, 0.15) is 10.4 Å². The number of amides is 1. The molecule has 0 aliphatic rings. The van der Waals surface area contributed by atoms with E-state index in [0.717, 1.165) is 12.1 Å². The first-order chi connectivity index (χ1) is 9.00. The molecular formula is C14H13NO4. The minimum absolute atomic E-state index is 0.0825. The molecule has 0 unspecified atom stereocenters. The first-order valence-corrected chi connectivity index (χ1v) is 5.58. The SMILES string of the molecule is CN(C(=O)c1cc(O)c(O)c(O)c1)c1ccccc1. The normalized spacial score (nSPS) is 10.2. The Kier molecular flexibility index (Phi) is 3.29. The molecule has 0 bridgehead atoms. The summed E-state index contributed by atoms with van der Waals surface area (Å²) in [6, 6.07) is 11.2. The highest BCUT2D eigenvalue weighted by Crippen LogP contribution is 2.35. The molecule has 1 amide bonds. The zero-order valence-electron chi connectivity index (χ0n) is 10.2. The second kappa shape index (κ2) is 4.89. The molecule has 0 atom stereocenters. The molecule has 0 radical (unpaired) electrons. The number of hydrogen-bond donors (Lipinski definition) is 3. The molecule has 5 heteroatoms. The van der Waals surface area contributed by atoms with Crippen molar-refractivity contribution in [3.05, 3.63) is 48.0 Å². The maximum atomic E-state index is 12.2. The second-order valence-corrected chi connectivity index (χ2v) is 4.06. The first-order valence-electron chi connectivity index (χ1n) is 5.58. The molecule has 2 aromatic rings. The van der Waals surface area contributed by atoms with Gasteiger partial charge in [0.05, 0.1) is 0 Å². The van der Waals surface area contributed by atoms with Crippen molar-refractivity contribution in [3.8, 4) is 17.2 Å². The maximum absolute atomic E-state index is 12.2. The number of hydrogen-bond acceptors (Lipinski definition) is 4. The predicted octanol–water partition coefficient (Wildman–Crippen LogP) is 2.08. The Balaban J connectivity index is 2.35. The van der Waals surface area contributed by atoms with E-state index in [2.05, 4.69) is 0 Å². The van der Waals surface area contributed by atoms with Crippen molar-refractivity contribution in [2.24, 2.45) is 0 Å². The Morgan fingerprint density at radius 1 is 1.00 bits per heavy atom. The van der Waals surface area contributed by atoms with Crippen LogP contribution in [-0.2, 0) is 0 Å². The molecule has 5 nitrogen and oxygen atoms in total. The number of aromatic hydroxyl groups is 3. The van der Waals surface area contributed by atoms with Gasteiger partial charge in [0.1, 0.15) is 0 Å². The van der Waals surface area contributed by atoms with Crippen LogP contribution in [-0.4, -0.2) is 28.3 Å². The van der Waals surface area contributed by atoms with Crippen molar-refractivity contribution in [1.29, 1.82) is 0 Å². The van der Waals surface area contributed by atoms with Gasteiger partial charge < -0.3 is 20.2 Å². The topological polar surface area (TPSA) is 81.0 Å². The number of para-hydroxylation sites is 1. The zero-order valence-corrected chi connectivity index (χ0v) is 10.2. The fraction of sp³-hybridized carbons (Fsp3) is 0.0714. The van der Waals surface area contributed by atoms with Gasteiger partial charge in [-0.2, -0.15) is 0 Å². The third kappa shape index (κ3) is 2.44. The smallest absolute Gasteiger partial charge is 0.258 e. The molecule has 0 heterocycles. The Morgan fingerprint density at radius 3 is 2.05 bits per heavy atom. The van der Waals surface area contributed by atoms with E-state index in [1.54, 1.807) is 31.3 Å². The van der Waals surface area contributed by atoms with Crippen LogP contribution in [0.2, 0.25) is 0 Å². The average molecular weight is 259 g/mol. The number of phenolic OH excluding ortho intramolecular Hbond substituents is 3. The van der Waals surface area contributed by atoms with E-state index in [-0.39, 0.29) is 5.56 Å². The lowest BCUT2D eigenvalue weighted by Crippen LogP contribution is -2.26. The average Bonchev–Trinajstić information content (AvgIpc) is 2.43. The molecule has 0 aliphatic carbocycles. The van der Waals surface area contributed by atoms with Gasteiger partial charge in [0.15, 0.2) is 17.2 Å². The highest BCUT2D eigenvalue weighted by Gasteiger charge is 2.17. The van der Waals surface area contributed by atoms with Gasteiger partial charge in [-0.25, -0.2) is 0 Å². The Morgan fingerprint density at radius 2 is 1.53 bits per heavy atom. The molecule has 19 heavy (non-hydrogen) atoms. The Labute approximate surface area is 110 Å². The summed E-state index contributed by atoms with van der Waals surface area (Å²) in [5.41, 5.74) is 0.763. The summed E-state index contributed by atoms with van der Waals surface area (Å²) in [4.78, 5) is 13.6. The van der Waals surface area contributed by atoms with Crippen molar-refractivity contribution in [2.75, 3.05) is 11.9 Å². The Bertz CT molecular complexity index is 587. The number of anilines is 1. The van der Waals surface area contributed by atoms with Gasteiger partial charge in [0.2, 0.25) is 0 Å². The summed E-state index contributed by atoms with van der Waals surface area (Å²) in [5, 5.41) is 28.0. The number of carbonyl (C=O) groups excluding carboxylic acids is 1. The van der Waals surface area contributed by atoms with Crippen LogP contribution in [0.5, 0.6) is 17.2 Å². The number of carbonyl (C=O) groups is 1. The Hall–Kier alpha value is -2.69. The molecular weight excluding hydrogens is 246 g/mol. The summed E-state index contributed by atoms with van der Waals surface area (Å²) in [7, 11) is 1.58. The lowest BCUT2D eigenvalue weighted by atomic mass is 10.1. The minimum Gasteiger partial charge on any atom is -0.504 e. The summed E-state index contributed by atoms with van der Waals surface area (Å²) < 4.78 is 0. The third-order valence-corrected chi connectivity index (χ3v) is 2.76. The highest BCUT2D eigenvalue weighted by molar-refractivity contribution is 6.06. The first kappa shape index (κ1) is 12.8. The van der Waals surface area contributed by atoms with Gasteiger partial charge in [-0.3, -0.25) is 4.79 Å². The van der Waals surface area contributed by atoms with Crippen LogP contribution in [0, 0.1) is 0 Å². The lowest BCUT2D eigenvalue weighted by Gasteiger charge is -2.17. The maximum Gasteiger partial charge on any atom is 0.258 e. The van der Waals surface area contributed by atoms with Gasteiger partial charge >= 0.3 is 0 Å². The molecule has 0 spiro atoms. The van der Waals surface area contributed by atoms with Gasteiger partial charge in [0, 0.05) is 18.3 Å². The van der Waals surface area contributed by atoms with E-state index in [1.807, 2.05) is 6.07 Å². The van der Waals surface area contributed by atoms with Gasteiger partial charge in [-0.05, 0) is 24.3 Å². The molecule has 0 saturated heterocycles. The zero-order chi connectivity index (χ0) is 14.0. The van der Waals surface area contributed by atoms with Crippen LogP contribution in [0.4, 0.5) is 5.69 Å². The third-order valence-electron chi connectivity index (χ3n) is 2.76. The molecule has 98 valence electrons. The van der Waals surface area contributed by atoms with Crippen LogP contribution in [0.25, 0.3) is 0 Å². The van der Waals surface area contributed by atoms with E-state index in [4.69, 9.17) is 0 Å². The van der Waals surface area contributed by atoms with E-state index >= 15 is 0 Å². The predicted molar refractivity (Wildman–Crippen MR) is 70.6 cm³/mol. The molecule has 2 rings (SSSR count). The van der Waals surface area contributed by atoms with E-state index < -0.39 is 23.2 Å². The van der Waals surface area contributed by atoms with E-state index in [0.29, 0.717) is 5.69 Å². The summed E-state index contributed by atoms with van der Waals surface area (Å²) in [6.45, 7) is 0. The lowest BCUT2D eigenvalue weighted by molar-refractivity contribution is 0.0992. The van der Waals surface area contributed by atoms with Crippen molar-refractivity contribution in [3.63, 3.8) is 0 Å². The second-order valence-electron chi connectivity index (χ2n) is 4.06. The van der Waals surface area contributed by atoms with Crippen molar-refractivity contribution in [2.45, 2.75) is 0 Å². The fourth-order valence-electron chi connectivity index (χ4n) is 1.69. The standard InChI is InChI=1S/C14H13NO4/c1-15(10-5-3-2-4-6-10)14(19)9-7-11(16)13(18)12(17)8-9/h2-8,16-18H,1H3. The largest absolute Gasteiger partial charge is 0.504 e. The molecule has 3 N–H and O–H groups in total. The van der Waals surface area contributed by atoms with Crippen LogP contribution in [0.3, 0.4) is 0 Å². The molecule has 0 fully saturated rings. The highest BCUT2D eigenvalue weighted by atomic mass is 16.3. The minimum atomic E-state index is -0.640. The fourth-order valence-corrected chi connectivity index (χ4v) is 1.69. The summed E-state index contributed by atoms with van der Waals surface area (Å²) in [5.74, 6) is -2.12. The van der Waals surface area contributed by atoms with Crippen molar-refractivity contribution in [1.82, 2.24) is 0 Å². The monoisotopic (exact) mass is 259 g/mol. The van der Waals surface area contributed by atoms with Crippen LogP contribution >= 0.6 is 0 Å². The number of phenols is 3. The summed E-state index contributed by atoms with van der Waals surface area (Å²) >= 11 is 0.